The second-order valence-electron chi connectivity index (χ2n) is 5.03. The van der Waals surface area contributed by atoms with Crippen LogP contribution in [0.3, 0.4) is 0 Å². The van der Waals surface area contributed by atoms with Crippen molar-refractivity contribution in [2.45, 2.75) is 23.8 Å². The highest BCUT2D eigenvalue weighted by atomic mass is 32.2. The van der Waals surface area contributed by atoms with Crippen molar-refractivity contribution in [1.29, 1.82) is 0 Å². The first kappa shape index (κ1) is 14.0. The van der Waals surface area contributed by atoms with Gasteiger partial charge in [-0.2, -0.15) is 4.31 Å². The fourth-order valence-electron chi connectivity index (χ4n) is 2.35. The molecule has 1 saturated carbocycles. The van der Waals surface area contributed by atoms with Crippen molar-refractivity contribution < 1.29 is 18.3 Å². The van der Waals surface area contributed by atoms with E-state index in [1.54, 1.807) is 24.4 Å². The number of aromatic nitrogens is 1. The zero-order valence-corrected chi connectivity index (χ0v) is 12.0. The maximum Gasteiger partial charge on any atom is 0.318 e. The molecule has 6 nitrogen and oxygen atoms in total. The van der Waals surface area contributed by atoms with Gasteiger partial charge in [0.25, 0.3) is 0 Å². The number of hydrogen-bond acceptors (Lipinski definition) is 4. The lowest BCUT2D eigenvalue weighted by atomic mass is 10.2. The normalized spacial score (nSPS) is 15.5. The van der Waals surface area contributed by atoms with Gasteiger partial charge in [0.1, 0.15) is 6.54 Å². The van der Waals surface area contributed by atoms with Crippen LogP contribution in [0, 0.1) is 0 Å². The van der Waals surface area contributed by atoms with Crippen LogP contribution in [0.4, 0.5) is 0 Å². The van der Waals surface area contributed by atoms with Crippen LogP contribution in [0.1, 0.15) is 12.8 Å². The number of fused-ring (bicyclic) bond motifs is 1. The average molecular weight is 306 g/mol. The number of carboxylic acid groups (broad SMARTS) is 1. The van der Waals surface area contributed by atoms with Crippen molar-refractivity contribution in [3.8, 4) is 0 Å². The van der Waals surface area contributed by atoms with E-state index >= 15 is 0 Å². The quantitative estimate of drug-likeness (QED) is 0.904. The Morgan fingerprint density at radius 3 is 2.76 bits per heavy atom. The van der Waals surface area contributed by atoms with Gasteiger partial charge in [0.15, 0.2) is 0 Å². The van der Waals surface area contributed by atoms with Crippen LogP contribution in [0.2, 0.25) is 0 Å². The number of benzene rings is 1. The van der Waals surface area contributed by atoms with Crippen LogP contribution in [-0.4, -0.2) is 41.4 Å². The van der Waals surface area contributed by atoms with E-state index in [2.05, 4.69) is 4.98 Å². The Balaban J connectivity index is 2.13. The van der Waals surface area contributed by atoms with Crippen molar-refractivity contribution in [2.24, 2.45) is 0 Å². The molecule has 7 heteroatoms. The second kappa shape index (κ2) is 5.09. The fourth-order valence-corrected chi connectivity index (χ4v) is 4.20. The summed E-state index contributed by atoms with van der Waals surface area (Å²) < 4.78 is 26.7. The summed E-state index contributed by atoms with van der Waals surface area (Å²) in [4.78, 5) is 15.1. The molecule has 0 spiro atoms. The van der Waals surface area contributed by atoms with E-state index in [0.717, 1.165) is 4.31 Å². The van der Waals surface area contributed by atoms with Gasteiger partial charge in [0, 0.05) is 29.2 Å². The molecule has 1 N–H and O–H groups in total. The first-order chi connectivity index (χ1) is 10.00. The second-order valence-corrected chi connectivity index (χ2v) is 6.89. The van der Waals surface area contributed by atoms with E-state index in [1.807, 2.05) is 0 Å². The molecule has 1 fully saturated rings. The summed E-state index contributed by atoms with van der Waals surface area (Å²) in [6.45, 7) is -0.505. The Kier molecular flexibility index (Phi) is 3.38. The predicted molar refractivity (Wildman–Crippen MR) is 76.3 cm³/mol. The van der Waals surface area contributed by atoms with E-state index in [0.29, 0.717) is 23.6 Å². The van der Waals surface area contributed by atoms with Gasteiger partial charge in [-0.15, -0.1) is 0 Å². The number of nitrogens with zero attached hydrogens (tertiary/aromatic N) is 2. The molecule has 110 valence electrons. The van der Waals surface area contributed by atoms with Crippen molar-refractivity contribution in [2.75, 3.05) is 6.54 Å². The van der Waals surface area contributed by atoms with Gasteiger partial charge < -0.3 is 5.11 Å². The van der Waals surface area contributed by atoms with Gasteiger partial charge in [0.2, 0.25) is 10.0 Å². The van der Waals surface area contributed by atoms with E-state index in [4.69, 9.17) is 5.11 Å². The average Bonchev–Trinajstić information content (AvgIpc) is 3.28. The fraction of sp³-hybridized carbons (Fsp3) is 0.286. The number of aliphatic carboxylic acids is 1. The van der Waals surface area contributed by atoms with Crippen LogP contribution < -0.4 is 0 Å². The van der Waals surface area contributed by atoms with Crippen molar-refractivity contribution in [3.63, 3.8) is 0 Å². The lowest BCUT2D eigenvalue weighted by molar-refractivity contribution is -0.137. The van der Waals surface area contributed by atoms with Gasteiger partial charge in [0.05, 0.1) is 4.90 Å². The maximum absolute atomic E-state index is 12.8. The highest BCUT2D eigenvalue weighted by molar-refractivity contribution is 7.89. The first-order valence-electron chi connectivity index (χ1n) is 6.56. The Bertz CT molecular complexity index is 794. The third-order valence-electron chi connectivity index (χ3n) is 3.47. The summed E-state index contributed by atoms with van der Waals surface area (Å²) in [5, 5.41) is 10.2. The summed E-state index contributed by atoms with van der Waals surface area (Å²) in [7, 11) is -3.83. The van der Waals surface area contributed by atoms with Crippen molar-refractivity contribution in [3.05, 3.63) is 36.7 Å². The lowest BCUT2D eigenvalue weighted by Crippen LogP contribution is -2.37. The molecule has 1 aromatic heterocycles. The Labute approximate surface area is 122 Å². The molecule has 1 aliphatic rings. The zero-order valence-electron chi connectivity index (χ0n) is 11.1. The minimum Gasteiger partial charge on any atom is -0.480 e. The molecule has 2 aromatic rings. The SMILES string of the molecule is O=C(O)CN(C1CC1)S(=O)(=O)c1cccc2cnccc12. The molecule has 0 bridgehead atoms. The minimum absolute atomic E-state index is 0.135. The molecule has 0 radical (unpaired) electrons. The Hall–Kier alpha value is -1.99. The molecule has 1 aliphatic carbocycles. The number of carbonyl (C=O) groups is 1. The van der Waals surface area contributed by atoms with Crippen LogP contribution >= 0.6 is 0 Å². The van der Waals surface area contributed by atoms with Crippen molar-refractivity contribution in [1.82, 2.24) is 9.29 Å². The molecule has 1 aromatic carbocycles. The van der Waals surface area contributed by atoms with Gasteiger partial charge in [-0.25, -0.2) is 8.42 Å². The largest absolute Gasteiger partial charge is 0.480 e. The van der Waals surface area contributed by atoms with Crippen LogP contribution in [-0.2, 0) is 14.8 Å². The van der Waals surface area contributed by atoms with Gasteiger partial charge in [-0.1, -0.05) is 12.1 Å². The molecule has 1 heterocycles. The van der Waals surface area contributed by atoms with E-state index < -0.39 is 22.5 Å². The van der Waals surface area contributed by atoms with Gasteiger partial charge in [-0.3, -0.25) is 9.78 Å². The molecule has 0 saturated heterocycles. The van der Waals surface area contributed by atoms with E-state index in [-0.39, 0.29) is 10.9 Å². The summed E-state index contributed by atoms with van der Waals surface area (Å²) >= 11 is 0. The first-order valence-corrected chi connectivity index (χ1v) is 8.00. The number of hydrogen-bond donors (Lipinski definition) is 1. The molecular formula is C14H14N2O4S. The lowest BCUT2D eigenvalue weighted by Gasteiger charge is -2.20. The summed E-state index contributed by atoms with van der Waals surface area (Å²) in [5.41, 5.74) is 0. The summed E-state index contributed by atoms with van der Waals surface area (Å²) in [5.74, 6) is -1.15. The van der Waals surface area contributed by atoms with Crippen molar-refractivity contribution >= 4 is 26.8 Å². The summed E-state index contributed by atoms with van der Waals surface area (Å²) in [6, 6.07) is 6.36. The third-order valence-corrected chi connectivity index (χ3v) is 5.43. The Morgan fingerprint density at radius 1 is 1.33 bits per heavy atom. The highest BCUT2D eigenvalue weighted by Gasteiger charge is 2.39. The Morgan fingerprint density at radius 2 is 2.10 bits per heavy atom. The number of sulfonamides is 1. The van der Waals surface area contributed by atoms with E-state index in [1.165, 1.54) is 12.3 Å². The number of carboxylic acids is 1. The van der Waals surface area contributed by atoms with E-state index in [9.17, 15) is 13.2 Å². The number of pyridine rings is 1. The molecule has 21 heavy (non-hydrogen) atoms. The van der Waals surface area contributed by atoms with Gasteiger partial charge in [-0.05, 0) is 25.0 Å². The molecule has 0 aliphatic heterocycles. The third kappa shape index (κ3) is 2.62. The number of rotatable bonds is 5. The van der Waals surface area contributed by atoms with Gasteiger partial charge >= 0.3 is 5.97 Å². The topological polar surface area (TPSA) is 87.6 Å². The monoisotopic (exact) mass is 306 g/mol. The highest BCUT2D eigenvalue weighted by Crippen LogP contribution is 2.33. The standard InChI is InChI=1S/C14H14N2O4S/c17-14(18)9-16(11-4-5-11)21(19,20)13-3-1-2-10-8-15-7-6-12(10)13/h1-3,6-8,11H,4-5,9H2,(H,17,18). The molecule has 0 amide bonds. The molecule has 3 rings (SSSR count). The summed E-state index contributed by atoms with van der Waals surface area (Å²) in [6.07, 6.45) is 4.53. The van der Waals surface area contributed by atoms with Crippen LogP contribution in [0.25, 0.3) is 10.8 Å². The molecular weight excluding hydrogens is 292 g/mol. The van der Waals surface area contributed by atoms with Crippen LogP contribution in [0.15, 0.2) is 41.6 Å². The molecule has 0 unspecified atom stereocenters. The maximum atomic E-state index is 12.8. The minimum atomic E-state index is -3.83. The van der Waals surface area contributed by atoms with Crippen LogP contribution in [0.5, 0.6) is 0 Å². The predicted octanol–water partition coefficient (Wildman–Crippen LogP) is 1.47. The molecule has 0 atom stereocenters. The smallest absolute Gasteiger partial charge is 0.318 e. The zero-order chi connectivity index (χ0) is 15.0.